The van der Waals surface area contributed by atoms with Gasteiger partial charge in [0.2, 0.25) is 11.5 Å². The molecule has 0 aliphatic heterocycles. The van der Waals surface area contributed by atoms with Crippen molar-refractivity contribution in [3.05, 3.63) is 34.3 Å². The summed E-state index contributed by atoms with van der Waals surface area (Å²) >= 11 is 3.25. The highest BCUT2D eigenvalue weighted by Gasteiger charge is 2.10. The number of nitriles is 1. The number of hydrogen-bond donors (Lipinski definition) is 1. The first-order valence-corrected chi connectivity index (χ1v) is 5.98. The van der Waals surface area contributed by atoms with E-state index in [0.29, 0.717) is 5.56 Å². The zero-order valence-electron chi connectivity index (χ0n) is 10.0. The number of hydrogen-bond acceptors (Lipinski definition) is 5. The Morgan fingerprint density at radius 2 is 2.05 bits per heavy atom. The molecule has 0 atom stereocenters. The van der Waals surface area contributed by atoms with Gasteiger partial charge in [-0.3, -0.25) is 9.59 Å². The fourth-order valence-electron chi connectivity index (χ4n) is 1.11. The first kappa shape index (κ1) is 14.9. The average Bonchev–Trinajstić information content (AvgIpc) is 2.43. The topological polar surface area (TPSA) is 91.6 Å². The number of carbonyl (C=O) groups excluding carboxylic acids is 2. The van der Waals surface area contributed by atoms with Crippen LogP contribution in [0.4, 0.5) is 0 Å². The van der Waals surface area contributed by atoms with Crippen molar-refractivity contribution in [3.8, 4) is 6.07 Å². The number of nitrogens with zero attached hydrogens (tertiary/aromatic N) is 2. The van der Waals surface area contributed by atoms with E-state index in [0.717, 1.165) is 4.47 Å². The second-order valence-electron chi connectivity index (χ2n) is 3.33. The molecule has 0 aromatic heterocycles. The van der Waals surface area contributed by atoms with Crippen LogP contribution in [0.25, 0.3) is 0 Å². The fraction of sp³-hybridized carbons (Fsp3) is 0.167. The molecule has 0 fully saturated rings. The van der Waals surface area contributed by atoms with Crippen LogP contribution < -0.4 is 5.32 Å². The minimum absolute atomic E-state index is 0.301. The van der Waals surface area contributed by atoms with Gasteiger partial charge >= 0.3 is 0 Å². The molecule has 6 nitrogen and oxygen atoms in total. The van der Waals surface area contributed by atoms with Gasteiger partial charge in [-0.15, -0.1) is 0 Å². The molecule has 0 saturated carbocycles. The molecule has 0 aliphatic carbocycles. The largest absolute Gasteiger partial charge is 0.386 e. The van der Waals surface area contributed by atoms with Gasteiger partial charge in [-0.1, -0.05) is 33.2 Å². The van der Waals surface area contributed by atoms with E-state index in [9.17, 15) is 9.59 Å². The highest BCUT2D eigenvalue weighted by Crippen LogP contribution is 2.11. The number of amides is 1. The molecule has 0 spiro atoms. The summed E-state index contributed by atoms with van der Waals surface area (Å²) in [7, 11) is 1.36. The average molecular weight is 324 g/mol. The van der Waals surface area contributed by atoms with Gasteiger partial charge in [0.15, 0.2) is 6.61 Å². The number of carbonyl (C=O) groups is 2. The zero-order valence-corrected chi connectivity index (χ0v) is 11.6. The van der Waals surface area contributed by atoms with Crippen molar-refractivity contribution in [2.24, 2.45) is 5.16 Å². The maximum absolute atomic E-state index is 11.7. The van der Waals surface area contributed by atoms with Crippen molar-refractivity contribution >= 4 is 33.3 Å². The molecule has 1 amide bonds. The van der Waals surface area contributed by atoms with Crippen LogP contribution in [0.5, 0.6) is 0 Å². The van der Waals surface area contributed by atoms with Crippen LogP contribution in [-0.2, 0) is 9.63 Å². The van der Waals surface area contributed by atoms with Gasteiger partial charge in [0.1, 0.15) is 6.07 Å². The normalized spacial score (nSPS) is 10.5. The Kier molecular flexibility index (Phi) is 5.70. The molecule has 0 unspecified atom stereocenters. The minimum atomic E-state index is -0.668. The van der Waals surface area contributed by atoms with Gasteiger partial charge in [0.25, 0.3) is 5.91 Å². The van der Waals surface area contributed by atoms with Gasteiger partial charge in [-0.05, 0) is 12.1 Å². The van der Waals surface area contributed by atoms with Crippen LogP contribution in [0.3, 0.4) is 0 Å². The van der Waals surface area contributed by atoms with E-state index in [-0.39, 0.29) is 12.4 Å². The lowest BCUT2D eigenvalue weighted by Gasteiger charge is -2.01. The van der Waals surface area contributed by atoms with Crippen LogP contribution in [-0.4, -0.2) is 31.1 Å². The molecule has 1 aromatic carbocycles. The van der Waals surface area contributed by atoms with Crippen molar-refractivity contribution < 1.29 is 14.4 Å². The van der Waals surface area contributed by atoms with Crippen LogP contribution in [0.15, 0.2) is 33.9 Å². The fourth-order valence-corrected chi connectivity index (χ4v) is 1.37. The van der Waals surface area contributed by atoms with Crippen molar-refractivity contribution in [1.29, 1.82) is 5.26 Å². The van der Waals surface area contributed by atoms with Gasteiger partial charge in [-0.2, -0.15) is 5.26 Å². The van der Waals surface area contributed by atoms with E-state index < -0.39 is 11.6 Å². The second-order valence-corrected chi connectivity index (χ2v) is 4.25. The molecule has 1 rings (SSSR count). The summed E-state index contributed by atoms with van der Waals surface area (Å²) in [6, 6.07) is 8.27. The monoisotopic (exact) mass is 323 g/mol. The van der Waals surface area contributed by atoms with Crippen molar-refractivity contribution in [3.63, 3.8) is 0 Å². The molecule has 1 N–H and O–H groups in total. The van der Waals surface area contributed by atoms with E-state index in [1.807, 2.05) is 0 Å². The molecular formula is C12H10BrN3O3. The van der Waals surface area contributed by atoms with Crippen LogP contribution in [0.1, 0.15) is 10.4 Å². The summed E-state index contributed by atoms with van der Waals surface area (Å²) in [4.78, 5) is 27.5. The van der Waals surface area contributed by atoms with Crippen molar-refractivity contribution in [2.75, 3.05) is 13.7 Å². The molecule has 1 aromatic rings. The summed E-state index contributed by atoms with van der Waals surface area (Å²) in [5.41, 5.74) is 0.0166. The van der Waals surface area contributed by atoms with E-state index in [1.54, 1.807) is 30.3 Å². The SMILES string of the molecule is CNC(=O)/C(C#N)=N\OCC(=O)c1ccc(Br)cc1. The number of ketones is 1. The maximum Gasteiger partial charge on any atom is 0.284 e. The summed E-state index contributed by atoms with van der Waals surface area (Å²) in [5.74, 6) is -0.968. The van der Waals surface area contributed by atoms with Gasteiger partial charge in [-0.25, -0.2) is 0 Å². The first-order valence-electron chi connectivity index (χ1n) is 5.19. The molecule has 7 heteroatoms. The predicted molar refractivity (Wildman–Crippen MR) is 71.5 cm³/mol. The lowest BCUT2D eigenvalue weighted by Crippen LogP contribution is -2.26. The highest BCUT2D eigenvalue weighted by atomic mass is 79.9. The summed E-state index contributed by atoms with van der Waals surface area (Å²) in [6.45, 7) is -0.343. The summed E-state index contributed by atoms with van der Waals surface area (Å²) in [6.07, 6.45) is 0. The highest BCUT2D eigenvalue weighted by molar-refractivity contribution is 9.10. The summed E-state index contributed by atoms with van der Waals surface area (Å²) in [5, 5.41) is 14.2. The van der Waals surface area contributed by atoms with Gasteiger partial charge in [0, 0.05) is 17.1 Å². The number of Topliss-reactive ketones (excluding diaryl/α,β-unsaturated/α-hetero) is 1. The third kappa shape index (κ3) is 4.52. The Hall–Kier alpha value is -2.20. The number of rotatable bonds is 5. The van der Waals surface area contributed by atoms with E-state index in [2.05, 4.69) is 26.4 Å². The van der Waals surface area contributed by atoms with Gasteiger partial charge in [0.05, 0.1) is 0 Å². The van der Waals surface area contributed by atoms with E-state index >= 15 is 0 Å². The van der Waals surface area contributed by atoms with Crippen LogP contribution >= 0.6 is 15.9 Å². The molecule has 0 saturated heterocycles. The Morgan fingerprint density at radius 3 is 2.58 bits per heavy atom. The molecule has 0 aliphatic rings. The second kappa shape index (κ2) is 7.28. The van der Waals surface area contributed by atoms with Crippen LogP contribution in [0.2, 0.25) is 0 Å². The lowest BCUT2D eigenvalue weighted by atomic mass is 10.1. The smallest absolute Gasteiger partial charge is 0.284 e. The summed E-state index contributed by atoms with van der Waals surface area (Å²) < 4.78 is 0.856. The number of benzene rings is 1. The molecule has 0 bridgehead atoms. The molecular weight excluding hydrogens is 314 g/mol. The molecule has 19 heavy (non-hydrogen) atoms. The number of halogens is 1. The van der Waals surface area contributed by atoms with Crippen molar-refractivity contribution in [1.82, 2.24) is 5.32 Å². The van der Waals surface area contributed by atoms with E-state index in [4.69, 9.17) is 10.1 Å². The lowest BCUT2D eigenvalue weighted by molar-refractivity contribution is -0.114. The Morgan fingerprint density at radius 1 is 1.42 bits per heavy atom. The predicted octanol–water partition coefficient (Wildman–Crippen LogP) is 1.27. The maximum atomic E-state index is 11.7. The molecule has 98 valence electrons. The number of nitrogens with one attached hydrogen (secondary N) is 1. The quantitative estimate of drug-likeness (QED) is 0.502. The number of oxime groups is 1. The van der Waals surface area contributed by atoms with Crippen LogP contribution in [0, 0.1) is 11.3 Å². The van der Waals surface area contributed by atoms with Gasteiger partial charge < -0.3 is 10.2 Å². The standard InChI is InChI=1S/C12H10BrN3O3/c1-15-12(18)10(6-14)16-19-7-11(17)8-2-4-9(13)5-3-8/h2-5H,7H2,1H3,(H,15,18)/b16-10-. The third-order valence-electron chi connectivity index (χ3n) is 2.07. The van der Waals surface area contributed by atoms with E-state index in [1.165, 1.54) is 7.05 Å². The Balaban J connectivity index is 2.60. The molecule has 0 radical (unpaired) electrons. The molecule has 0 heterocycles. The third-order valence-corrected chi connectivity index (χ3v) is 2.59. The Labute approximate surface area is 118 Å². The van der Waals surface area contributed by atoms with Crippen molar-refractivity contribution in [2.45, 2.75) is 0 Å². The Bertz CT molecular complexity index is 546. The first-order chi connectivity index (χ1) is 9.08. The minimum Gasteiger partial charge on any atom is -0.386 e. The zero-order chi connectivity index (χ0) is 14.3.